The van der Waals surface area contributed by atoms with E-state index in [0.717, 1.165) is 18.6 Å². The SMILES string of the molecule is CC(C)c1ccc2c(ccn2CCN(C)C)n1. The van der Waals surface area contributed by atoms with E-state index in [1.807, 2.05) is 0 Å². The van der Waals surface area contributed by atoms with Gasteiger partial charge in [0.1, 0.15) is 0 Å². The molecule has 0 spiro atoms. The van der Waals surface area contributed by atoms with Crippen LogP contribution in [0.1, 0.15) is 25.5 Å². The summed E-state index contributed by atoms with van der Waals surface area (Å²) in [6.07, 6.45) is 2.13. The molecule has 0 fully saturated rings. The molecule has 0 aliphatic carbocycles. The van der Waals surface area contributed by atoms with Gasteiger partial charge in [0.25, 0.3) is 0 Å². The molecule has 0 saturated carbocycles. The van der Waals surface area contributed by atoms with Crippen LogP contribution in [0.5, 0.6) is 0 Å². The van der Waals surface area contributed by atoms with E-state index < -0.39 is 0 Å². The molecular formula is C14H21N3. The Hall–Kier alpha value is -1.35. The zero-order valence-corrected chi connectivity index (χ0v) is 11.1. The molecule has 17 heavy (non-hydrogen) atoms. The van der Waals surface area contributed by atoms with Crippen LogP contribution in [0.2, 0.25) is 0 Å². The number of hydrogen-bond donors (Lipinski definition) is 0. The van der Waals surface area contributed by atoms with Crippen LogP contribution in [-0.4, -0.2) is 35.1 Å². The fourth-order valence-corrected chi connectivity index (χ4v) is 1.91. The molecule has 0 atom stereocenters. The Morgan fingerprint density at radius 3 is 2.65 bits per heavy atom. The molecule has 3 nitrogen and oxygen atoms in total. The monoisotopic (exact) mass is 231 g/mol. The van der Waals surface area contributed by atoms with Gasteiger partial charge in [0, 0.05) is 25.0 Å². The largest absolute Gasteiger partial charge is 0.345 e. The van der Waals surface area contributed by atoms with Gasteiger partial charge in [0.05, 0.1) is 11.0 Å². The predicted molar refractivity (Wildman–Crippen MR) is 72.4 cm³/mol. The Labute approximate surface area is 103 Å². The van der Waals surface area contributed by atoms with E-state index in [4.69, 9.17) is 0 Å². The number of fused-ring (bicyclic) bond motifs is 1. The van der Waals surface area contributed by atoms with Crippen molar-refractivity contribution in [1.29, 1.82) is 0 Å². The van der Waals surface area contributed by atoms with E-state index in [0.29, 0.717) is 5.92 Å². The average Bonchev–Trinajstić information content (AvgIpc) is 2.68. The lowest BCUT2D eigenvalue weighted by atomic mass is 10.1. The molecule has 0 aliphatic heterocycles. The topological polar surface area (TPSA) is 21.1 Å². The molecular weight excluding hydrogens is 210 g/mol. The highest BCUT2D eigenvalue weighted by Gasteiger charge is 2.06. The molecule has 0 aliphatic rings. The first-order chi connectivity index (χ1) is 8.08. The van der Waals surface area contributed by atoms with Gasteiger partial charge in [-0.15, -0.1) is 0 Å². The van der Waals surface area contributed by atoms with Crippen molar-refractivity contribution in [2.75, 3.05) is 20.6 Å². The fourth-order valence-electron chi connectivity index (χ4n) is 1.91. The van der Waals surface area contributed by atoms with Gasteiger partial charge in [-0.25, -0.2) is 0 Å². The maximum absolute atomic E-state index is 4.69. The summed E-state index contributed by atoms with van der Waals surface area (Å²) in [6.45, 7) is 6.42. The van der Waals surface area contributed by atoms with Crippen LogP contribution < -0.4 is 0 Å². The van der Waals surface area contributed by atoms with Gasteiger partial charge >= 0.3 is 0 Å². The molecule has 2 aromatic heterocycles. The van der Waals surface area contributed by atoms with Crippen molar-refractivity contribution >= 4 is 11.0 Å². The summed E-state index contributed by atoms with van der Waals surface area (Å²) in [5.74, 6) is 0.490. The summed E-state index contributed by atoms with van der Waals surface area (Å²) < 4.78 is 2.27. The van der Waals surface area contributed by atoms with Gasteiger partial charge in [0.2, 0.25) is 0 Å². The van der Waals surface area contributed by atoms with Gasteiger partial charge in [-0.3, -0.25) is 4.98 Å². The lowest BCUT2D eigenvalue weighted by Gasteiger charge is -2.11. The Kier molecular flexibility index (Phi) is 3.48. The number of rotatable bonds is 4. The second kappa shape index (κ2) is 4.88. The van der Waals surface area contributed by atoms with E-state index >= 15 is 0 Å². The van der Waals surface area contributed by atoms with Crippen LogP contribution in [0.15, 0.2) is 24.4 Å². The molecule has 2 aromatic rings. The van der Waals surface area contributed by atoms with E-state index in [9.17, 15) is 0 Å². The number of aromatic nitrogens is 2. The maximum atomic E-state index is 4.69. The first-order valence-electron chi connectivity index (χ1n) is 6.18. The fraction of sp³-hybridized carbons (Fsp3) is 0.500. The molecule has 92 valence electrons. The van der Waals surface area contributed by atoms with Crippen LogP contribution in [0.3, 0.4) is 0 Å². The molecule has 0 N–H and O–H groups in total. The predicted octanol–water partition coefficient (Wildman–Crippen LogP) is 2.72. The van der Waals surface area contributed by atoms with Crippen molar-refractivity contribution in [2.24, 2.45) is 0 Å². The molecule has 2 rings (SSSR count). The molecule has 0 saturated heterocycles. The number of nitrogens with zero attached hydrogens (tertiary/aromatic N) is 3. The van der Waals surface area contributed by atoms with Crippen LogP contribution >= 0.6 is 0 Å². The number of pyridine rings is 1. The van der Waals surface area contributed by atoms with Crippen molar-refractivity contribution in [3.05, 3.63) is 30.1 Å². The van der Waals surface area contributed by atoms with Crippen LogP contribution in [0.25, 0.3) is 11.0 Å². The Morgan fingerprint density at radius 1 is 1.24 bits per heavy atom. The van der Waals surface area contributed by atoms with Gasteiger partial charge in [0.15, 0.2) is 0 Å². The van der Waals surface area contributed by atoms with Crippen molar-refractivity contribution in [1.82, 2.24) is 14.5 Å². The van der Waals surface area contributed by atoms with E-state index in [1.165, 1.54) is 11.2 Å². The Morgan fingerprint density at radius 2 is 2.00 bits per heavy atom. The minimum atomic E-state index is 0.490. The molecule has 0 amide bonds. The smallest absolute Gasteiger partial charge is 0.0884 e. The van der Waals surface area contributed by atoms with Gasteiger partial charge in [-0.1, -0.05) is 13.8 Å². The highest BCUT2D eigenvalue weighted by molar-refractivity contribution is 5.75. The van der Waals surface area contributed by atoms with E-state index in [-0.39, 0.29) is 0 Å². The Balaban J connectivity index is 2.28. The van der Waals surface area contributed by atoms with Crippen LogP contribution in [0.4, 0.5) is 0 Å². The molecule has 0 unspecified atom stereocenters. The lowest BCUT2D eigenvalue weighted by Crippen LogP contribution is -2.17. The minimum Gasteiger partial charge on any atom is -0.345 e. The molecule has 2 heterocycles. The van der Waals surface area contributed by atoms with Crippen molar-refractivity contribution in [2.45, 2.75) is 26.3 Å². The second-order valence-corrected chi connectivity index (χ2v) is 5.11. The first kappa shape index (κ1) is 12.1. The summed E-state index contributed by atoms with van der Waals surface area (Å²) in [5.41, 5.74) is 3.51. The first-order valence-corrected chi connectivity index (χ1v) is 6.18. The third kappa shape index (κ3) is 2.67. The summed E-state index contributed by atoms with van der Waals surface area (Å²) in [4.78, 5) is 6.88. The third-order valence-electron chi connectivity index (χ3n) is 3.03. The van der Waals surface area contributed by atoms with Crippen molar-refractivity contribution in [3.63, 3.8) is 0 Å². The molecule has 3 heteroatoms. The standard InChI is InChI=1S/C14H21N3/c1-11(2)12-5-6-14-13(15-12)7-8-17(14)10-9-16(3)4/h5-8,11H,9-10H2,1-4H3. The summed E-state index contributed by atoms with van der Waals surface area (Å²) in [7, 11) is 4.20. The zero-order chi connectivity index (χ0) is 12.4. The summed E-state index contributed by atoms with van der Waals surface area (Å²) in [6, 6.07) is 6.43. The van der Waals surface area contributed by atoms with Gasteiger partial charge in [-0.2, -0.15) is 0 Å². The van der Waals surface area contributed by atoms with Crippen molar-refractivity contribution in [3.8, 4) is 0 Å². The molecule has 0 bridgehead atoms. The normalized spacial score (nSPS) is 11.9. The summed E-state index contributed by atoms with van der Waals surface area (Å²) >= 11 is 0. The lowest BCUT2D eigenvalue weighted by molar-refractivity contribution is 0.387. The van der Waals surface area contributed by atoms with Gasteiger partial charge < -0.3 is 9.47 Å². The van der Waals surface area contributed by atoms with E-state index in [2.05, 4.69) is 66.8 Å². The van der Waals surface area contributed by atoms with Gasteiger partial charge in [-0.05, 0) is 38.2 Å². The highest BCUT2D eigenvalue weighted by Crippen LogP contribution is 2.18. The molecule has 0 aromatic carbocycles. The summed E-state index contributed by atoms with van der Waals surface area (Å²) in [5, 5.41) is 0. The average molecular weight is 231 g/mol. The minimum absolute atomic E-state index is 0.490. The maximum Gasteiger partial charge on any atom is 0.0884 e. The quantitative estimate of drug-likeness (QED) is 0.806. The van der Waals surface area contributed by atoms with Crippen molar-refractivity contribution < 1.29 is 0 Å². The van der Waals surface area contributed by atoms with Crippen LogP contribution in [0, 0.1) is 0 Å². The number of likely N-dealkylation sites (N-methyl/N-ethyl adjacent to an activating group) is 1. The third-order valence-corrected chi connectivity index (χ3v) is 3.03. The zero-order valence-electron chi connectivity index (χ0n) is 11.1. The highest BCUT2D eigenvalue weighted by atomic mass is 15.1. The molecule has 0 radical (unpaired) electrons. The van der Waals surface area contributed by atoms with Crippen LogP contribution in [-0.2, 0) is 6.54 Å². The second-order valence-electron chi connectivity index (χ2n) is 5.11. The Bertz CT molecular complexity index is 497. The number of hydrogen-bond acceptors (Lipinski definition) is 2. The van der Waals surface area contributed by atoms with E-state index in [1.54, 1.807) is 0 Å².